The van der Waals surface area contributed by atoms with Gasteiger partial charge in [-0.2, -0.15) is 0 Å². The van der Waals surface area contributed by atoms with Crippen LogP contribution >= 0.6 is 0 Å². The molecule has 0 aromatic heterocycles. The first-order valence-electron chi connectivity index (χ1n) is 10.6. The number of benzene rings is 2. The van der Waals surface area contributed by atoms with Gasteiger partial charge in [0.1, 0.15) is 5.82 Å². The van der Waals surface area contributed by atoms with E-state index >= 15 is 0 Å². The topological polar surface area (TPSA) is 61.8 Å². The van der Waals surface area contributed by atoms with E-state index < -0.39 is 5.97 Å². The molecule has 2 N–H and O–H groups in total. The molecule has 2 aromatic carbocycles. The largest absolute Gasteiger partial charge is 0.481 e. The Morgan fingerprint density at radius 1 is 1.27 bits per heavy atom. The average Bonchev–Trinajstić information content (AvgIpc) is 2.73. The van der Waals surface area contributed by atoms with Crippen LogP contribution in [0.25, 0.3) is 0 Å². The van der Waals surface area contributed by atoms with Crippen molar-refractivity contribution < 1.29 is 19.0 Å². The Labute approximate surface area is 177 Å². The standard InChI is InChI=1S/C24H31FN2O3/c1-4-17(14-24(28)29)18-5-10-22(27-11-12-30-15-23(27)16(2)3)21(13-18)26-20-8-6-19(25)7-9-20/h5-10,13,16-17,23,26H,4,11-12,14-15H2,1-3H3,(H,28,29)/t17-,23+/m0/s1. The summed E-state index contributed by atoms with van der Waals surface area (Å²) in [5, 5.41) is 12.7. The number of halogens is 1. The molecular weight excluding hydrogens is 383 g/mol. The van der Waals surface area contributed by atoms with E-state index in [9.17, 15) is 14.3 Å². The molecule has 1 saturated heterocycles. The van der Waals surface area contributed by atoms with Crippen LogP contribution in [-0.2, 0) is 9.53 Å². The second kappa shape index (κ2) is 9.94. The first kappa shape index (κ1) is 22.1. The molecule has 0 saturated carbocycles. The van der Waals surface area contributed by atoms with Crippen LogP contribution in [0.3, 0.4) is 0 Å². The molecule has 162 valence electrons. The van der Waals surface area contributed by atoms with Gasteiger partial charge in [-0.3, -0.25) is 4.79 Å². The predicted molar refractivity (Wildman–Crippen MR) is 118 cm³/mol. The number of morpholine rings is 1. The predicted octanol–water partition coefficient (Wildman–Crippen LogP) is 5.40. The van der Waals surface area contributed by atoms with Crippen molar-refractivity contribution in [3.63, 3.8) is 0 Å². The van der Waals surface area contributed by atoms with E-state index in [1.165, 1.54) is 12.1 Å². The maximum absolute atomic E-state index is 13.4. The van der Waals surface area contributed by atoms with Crippen molar-refractivity contribution in [3.05, 3.63) is 53.8 Å². The molecule has 1 heterocycles. The molecule has 1 aliphatic rings. The summed E-state index contributed by atoms with van der Waals surface area (Å²) in [6, 6.07) is 12.7. The second-order valence-corrected chi connectivity index (χ2v) is 8.19. The zero-order valence-electron chi connectivity index (χ0n) is 17.9. The molecule has 3 rings (SSSR count). The third kappa shape index (κ3) is 5.30. The monoisotopic (exact) mass is 414 g/mol. The highest BCUT2D eigenvalue weighted by molar-refractivity contribution is 5.77. The Kier molecular flexibility index (Phi) is 7.32. The van der Waals surface area contributed by atoms with Crippen molar-refractivity contribution in [2.75, 3.05) is 30.0 Å². The molecular formula is C24H31FN2O3. The molecule has 1 aliphatic heterocycles. The summed E-state index contributed by atoms with van der Waals surface area (Å²) in [5.74, 6) is -0.725. The maximum atomic E-state index is 13.4. The van der Waals surface area contributed by atoms with Crippen LogP contribution in [-0.4, -0.2) is 36.9 Å². The van der Waals surface area contributed by atoms with Gasteiger partial charge in [-0.05, 0) is 60.2 Å². The van der Waals surface area contributed by atoms with E-state index in [1.54, 1.807) is 12.1 Å². The average molecular weight is 415 g/mol. The van der Waals surface area contributed by atoms with Crippen LogP contribution in [0.15, 0.2) is 42.5 Å². The van der Waals surface area contributed by atoms with Crippen LogP contribution in [0.2, 0.25) is 0 Å². The van der Waals surface area contributed by atoms with E-state index in [0.717, 1.165) is 35.6 Å². The Hall–Kier alpha value is -2.60. The fourth-order valence-electron chi connectivity index (χ4n) is 4.03. The van der Waals surface area contributed by atoms with Crippen LogP contribution in [0.1, 0.15) is 45.1 Å². The summed E-state index contributed by atoms with van der Waals surface area (Å²) in [4.78, 5) is 13.7. The van der Waals surface area contributed by atoms with Crippen molar-refractivity contribution in [2.45, 2.75) is 45.6 Å². The second-order valence-electron chi connectivity index (χ2n) is 8.19. The number of carboxylic acids is 1. The first-order chi connectivity index (χ1) is 14.4. The molecule has 2 atom stereocenters. The van der Waals surface area contributed by atoms with Crippen molar-refractivity contribution in [1.29, 1.82) is 0 Å². The lowest BCUT2D eigenvalue weighted by molar-refractivity contribution is -0.137. The number of aliphatic carboxylic acids is 1. The SMILES string of the molecule is CC[C@@H](CC(=O)O)c1ccc(N2CCOC[C@@H]2C(C)C)c(Nc2ccc(F)cc2)c1. The van der Waals surface area contributed by atoms with Crippen LogP contribution in [0, 0.1) is 11.7 Å². The molecule has 2 aromatic rings. The van der Waals surface area contributed by atoms with Crippen LogP contribution < -0.4 is 10.2 Å². The lowest BCUT2D eigenvalue weighted by atomic mass is 9.92. The number of nitrogens with zero attached hydrogens (tertiary/aromatic N) is 1. The minimum atomic E-state index is -0.799. The van der Waals surface area contributed by atoms with Gasteiger partial charge >= 0.3 is 5.97 Å². The van der Waals surface area contributed by atoms with Crippen LogP contribution in [0.5, 0.6) is 0 Å². The third-order valence-corrected chi connectivity index (χ3v) is 5.77. The normalized spacial score (nSPS) is 17.8. The highest BCUT2D eigenvalue weighted by Gasteiger charge is 2.28. The minimum Gasteiger partial charge on any atom is -0.481 e. The van der Waals surface area contributed by atoms with Crippen molar-refractivity contribution in [2.24, 2.45) is 5.92 Å². The number of rotatable bonds is 8. The van der Waals surface area contributed by atoms with Gasteiger partial charge in [0.2, 0.25) is 0 Å². The van der Waals surface area contributed by atoms with Crippen molar-refractivity contribution in [1.82, 2.24) is 0 Å². The van der Waals surface area contributed by atoms with Gasteiger partial charge in [0.15, 0.2) is 0 Å². The zero-order chi connectivity index (χ0) is 21.7. The molecule has 0 amide bonds. The van der Waals surface area contributed by atoms with Gasteiger partial charge in [0.25, 0.3) is 0 Å². The highest BCUT2D eigenvalue weighted by atomic mass is 19.1. The van der Waals surface area contributed by atoms with Gasteiger partial charge in [0.05, 0.1) is 37.1 Å². The smallest absolute Gasteiger partial charge is 0.303 e. The molecule has 6 heteroatoms. The molecule has 0 aliphatic carbocycles. The molecule has 0 bridgehead atoms. The van der Waals surface area contributed by atoms with Gasteiger partial charge in [0, 0.05) is 12.2 Å². The Balaban J connectivity index is 2.01. The summed E-state index contributed by atoms with van der Waals surface area (Å²) in [5.41, 5.74) is 3.73. The fraction of sp³-hybridized carbons (Fsp3) is 0.458. The van der Waals surface area contributed by atoms with E-state index in [2.05, 4.69) is 30.1 Å². The first-order valence-corrected chi connectivity index (χ1v) is 10.6. The van der Waals surface area contributed by atoms with E-state index in [4.69, 9.17) is 4.74 Å². The van der Waals surface area contributed by atoms with Crippen LogP contribution in [0.4, 0.5) is 21.5 Å². The number of ether oxygens (including phenoxy) is 1. The summed E-state index contributed by atoms with van der Waals surface area (Å²) < 4.78 is 19.1. The minimum absolute atomic E-state index is 0.0593. The van der Waals surface area contributed by atoms with Gasteiger partial charge in [-0.1, -0.05) is 26.8 Å². The Bertz CT molecular complexity index is 854. The summed E-state index contributed by atoms with van der Waals surface area (Å²) >= 11 is 0. The number of carboxylic acid groups (broad SMARTS) is 1. The summed E-state index contributed by atoms with van der Waals surface area (Å²) in [7, 11) is 0. The fourth-order valence-corrected chi connectivity index (χ4v) is 4.03. The molecule has 0 unspecified atom stereocenters. The lowest BCUT2D eigenvalue weighted by Crippen LogP contribution is -2.48. The van der Waals surface area contributed by atoms with Crippen molar-refractivity contribution in [3.8, 4) is 0 Å². The molecule has 5 nitrogen and oxygen atoms in total. The number of hydrogen-bond donors (Lipinski definition) is 2. The lowest BCUT2D eigenvalue weighted by Gasteiger charge is -2.40. The highest BCUT2D eigenvalue weighted by Crippen LogP contribution is 2.36. The van der Waals surface area contributed by atoms with E-state index in [-0.39, 0.29) is 24.2 Å². The van der Waals surface area contributed by atoms with Gasteiger partial charge in [-0.15, -0.1) is 0 Å². The summed E-state index contributed by atoms with van der Waals surface area (Å²) in [6.07, 6.45) is 0.839. The molecule has 1 fully saturated rings. The van der Waals surface area contributed by atoms with Gasteiger partial charge in [-0.25, -0.2) is 4.39 Å². The zero-order valence-corrected chi connectivity index (χ0v) is 17.9. The molecule has 30 heavy (non-hydrogen) atoms. The molecule has 0 spiro atoms. The number of hydrogen-bond acceptors (Lipinski definition) is 4. The quantitative estimate of drug-likeness (QED) is 0.606. The van der Waals surface area contributed by atoms with E-state index in [0.29, 0.717) is 19.1 Å². The van der Waals surface area contributed by atoms with Gasteiger partial charge < -0.3 is 20.1 Å². The number of nitrogens with one attached hydrogen (secondary N) is 1. The number of carbonyl (C=O) groups is 1. The number of anilines is 3. The summed E-state index contributed by atoms with van der Waals surface area (Å²) in [6.45, 7) is 8.50. The van der Waals surface area contributed by atoms with Crippen molar-refractivity contribution >= 4 is 23.0 Å². The third-order valence-electron chi connectivity index (χ3n) is 5.77. The van der Waals surface area contributed by atoms with E-state index in [1.807, 2.05) is 19.1 Å². The molecule has 0 radical (unpaired) electrons. The Morgan fingerprint density at radius 3 is 2.63 bits per heavy atom. The Morgan fingerprint density at radius 2 is 2.00 bits per heavy atom. The maximum Gasteiger partial charge on any atom is 0.303 e.